The molecular formula is C21H28N6O2. The second-order valence-corrected chi connectivity index (χ2v) is 8.10. The molecular weight excluding hydrogens is 368 g/mol. The molecule has 154 valence electrons. The van der Waals surface area contributed by atoms with Gasteiger partial charge in [-0.2, -0.15) is 5.10 Å². The van der Waals surface area contributed by atoms with Gasteiger partial charge in [0.15, 0.2) is 0 Å². The van der Waals surface area contributed by atoms with Crippen LogP contribution >= 0.6 is 0 Å². The average molecular weight is 396 g/mol. The second-order valence-electron chi connectivity index (χ2n) is 8.10. The van der Waals surface area contributed by atoms with Gasteiger partial charge in [0.25, 0.3) is 0 Å². The highest BCUT2D eigenvalue weighted by molar-refractivity contribution is 5.76. The summed E-state index contributed by atoms with van der Waals surface area (Å²) >= 11 is 0. The minimum atomic E-state index is 0.0893. The molecule has 4 rings (SSSR count). The highest BCUT2D eigenvalue weighted by Crippen LogP contribution is 2.26. The lowest BCUT2D eigenvalue weighted by atomic mass is 9.96. The summed E-state index contributed by atoms with van der Waals surface area (Å²) in [7, 11) is 0. The Labute approximate surface area is 170 Å². The van der Waals surface area contributed by atoms with Crippen molar-refractivity contribution < 1.29 is 9.59 Å². The minimum Gasteiger partial charge on any atom is -0.342 e. The number of likely N-dealkylation sites (tertiary alicyclic amines) is 1. The first-order valence-electron chi connectivity index (χ1n) is 10.4. The van der Waals surface area contributed by atoms with Crippen LogP contribution in [0.15, 0.2) is 18.6 Å². The summed E-state index contributed by atoms with van der Waals surface area (Å²) in [6, 6.07) is 0. The van der Waals surface area contributed by atoms with E-state index in [0.29, 0.717) is 32.6 Å². The van der Waals surface area contributed by atoms with Crippen LogP contribution in [0.5, 0.6) is 0 Å². The largest absolute Gasteiger partial charge is 0.342 e. The molecule has 0 spiro atoms. The molecule has 0 aromatic carbocycles. The highest BCUT2D eigenvalue weighted by atomic mass is 16.2. The van der Waals surface area contributed by atoms with Gasteiger partial charge in [0.1, 0.15) is 5.82 Å². The molecule has 2 aliphatic rings. The normalized spacial score (nSPS) is 19.2. The number of carbonyl (C=O) groups is 2. The van der Waals surface area contributed by atoms with E-state index in [-0.39, 0.29) is 17.7 Å². The number of piperidine rings is 1. The summed E-state index contributed by atoms with van der Waals surface area (Å²) < 4.78 is 1.82. The maximum absolute atomic E-state index is 12.7. The van der Waals surface area contributed by atoms with Gasteiger partial charge in [0.2, 0.25) is 11.8 Å². The number of amides is 2. The van der Waals surface area contributed by atoms with Crippen LogP contribution in [0.2, 0.25) is 0 Å². The average Bonchev–Trinajstić information content (AvgIpc) is 3.16. The topological polar surface area (TPSA) is 84.2 Å². The van der Waals surface area contributed by atoms with Crippen molar-refractivity contribution in [2.45, 2.75) is 58.5 Å². The minimum absolute atomic E-state index is 0.0893. The maximum Gasteiger partial charge on any atom is 0.224 e. The van der Waals surface area contributed by atoms with Crippen molar-refractivity contribution in [2.24, 2.45) is 0 Å². The first kappa shape index (κ1) is 19.5. The van der Waals surface area contributed by atoms with Crippen molar-refractivity contribution >= 4 is 11.8 Å². The van der Waals surface area contributed by atoms with E-state index in [0.717, 1.165) is 48.5 Å². The van der Waals surface area contributed by atoms with E-state index in [9.17, 15) is 9.59 Å². The van der Waals surface area contributed by atoms with Crippen molar-refractivity contribution in [3.63, 3.8) is 0 Å². The van der Waals surface area contributed by atoms with Crippen LogP contribution in [0.25, 0.3) is 0 Å². The molecule has 0 bridgehead atoms. The van der Waals surface area contributed by atoms with Crippen LogP contribution < -0.4 is 0 Å². The molecule has 0 unspecified atom stereocenters. The number of aromatic nitrogens is 4. The lowest BCUT2D eigenvalue weighted by Gasteiger charge is -2.33. The Morgan fingerprint density at radius 1 is 1.21 bits per heavy atom. The molecule has 0 N–H and O–H groups in total. The third kappa shape index (κ3) is 4.46. The number of rotatable bonds is 4. The van der Waals surface area contributed by atoms with E-state index in [1.807, 2.05) is 40.0 Å². The summed E-state index contributed by atoms with van der Waals surface area (Å²) in [5, 5.41) is 4.25. The van der Waals surface area contributed by atoms with Crippen LogP contribution in [0, 0.1) is 6.92 Å². The standard InChI is InChI=1S/C21H28N6O2/c1-15-10-23-27(12-15)9-6-20(29)26-7-3-4-17(13-26)21-22-11-18-14-25(16(2)28)8-5-19(18)24-21/h10-12,17H,3-9,13-14H2,1-2H3/t17-/m1/s1. The van der Waals surface area contributed by atoms with Crippen molar-refractivity contribution in [2.75, 3.05) is 19.6 Å². The molecule has 1 saturated heterocycles. The molecule has 0 saturated carbocycles. The molecule has 1 atom stereocenters. The van der Waals surface area contributed by atoms with E-state index < -0.39 is 0 Å². The van der Waals surface area contributed by atoms with Gasteiger partial charge in [-0.15, -0.1) is 0 Å². The van der Waals surface area contributed by atoms with Gasteiger partial charge in [-0.25, -0.2) is 9.97 Å². The Balaban J connectivity index is 1.38. The fourth-order valence-electron chi connectivity index (χ4n) is 4.17. The van der Waals surface area contributed by atoms with Gasteiger partial charge in [0, 0.05) is 76.4 Å². The molecule has 2 amide bonds. The van der Waals surface area contributed by atoms with Gasteiger partial charge in [0.05, 0.1) is 11.9 Å². The van der Waals surface area contributed by atoms with E-state index in [2.05, 4.69) is 10.1 Å². The summed E-state index contributed by atoms with van der Waals surface area (Å²) in [6.07, 6.45) is 8.83. The van der Waals surface area contributed by atoms with Gasteiger partial charge in [-0.05, 0) is 25.3 Å². The lowest BCUT2D eigenvalue weighted by Crippen LogP contribution is -2.40. The maximum atomic E-state index is 12.7. The van der Waals surface area contributed by atoms with Crippen molar-refractivity contribution in [1.29, 1.82) is 0 Å². The van der Waals surface area contributed by atoms with E-state index in [1.165, 1.54) is 0 Å². The van der Waals surface area contributed by atoms with E-state index in [1.54, 1.807) is 6.92 Å². The molecule has 4 heterocycles. The predicted molar refractivity (Wildman–Crippen MR) is 107 cm³/mol. The van der Waals surface area contributed by atoms with Crippen molar-refractivity contribution in [1.82, 2.24) is 29.5 Å². The summed E-state index contributed by atoms with van der Waals surface area (Å²) in [5.41, 5.74) is 3.19. The molecule has 2 aromatic rings. The predicted octanol–water partition coefficient (Wildman–Crippen LogP) is 1.68. The molecule has 0 aliphatic carbocycles. The van der Waals surface area contributed by atoms with Crippen LogP contribution in [-0.2, 0) is 29.1 Å². The van der Waals surface area contributed by atoms with Gasteiger partial charge >= 0.3 is 0 Å². The third-order valence-corrected chi connectivity index (χ3v) is 5.85. The van der Waals surface area contributed by atoms with Crippen LogP contribution in [0.1, 0.15) is 54.7 Å². The number of nitrogens with zero attached hydrogens (tertiary/aromatic N) is 6. The Bertz CT molecular complexity index is 908. The Kier molecular flexibility index (Phi) is 5.60. The fraction of sp³-hybridized carbons (Fsp3) is 0.571. The quantitative estimate of drug-likeness (QED) is 0.785. The van der Waals surface area contributed by atoms with Crippen LogP contribution in [0.3, 0.4) is 0 Å². The Hall–Kier alpha value is -2.77. The third-order valence-electron chi connectivity index (χ3n) is 5.85. The zero-order chi connectivity index (χ0) is 20.4. The second kappa shape index (κ2) is 8.31. The number of aryl methyl sites for hydroxylation is 2. The molecule has 8 heteroatoms. The smallest absolute Gasteiger partial charge is 0.224 e. The fourth-order valence-corrected chi connectivity index (χ4v) is 4.17. The van der Waals surface area contributed by atoms with Crippen LogP contribution in [-0.4, -0.2) is 61.0 Å². The molecule has 8 nitrogen and oxygen atoms in total. The Morgan fingerprint density at radius 2 is 2.07 bits per heavy atom. The first-order valence-corrected chi connectivity index (χ1v) is 10.4. The summed E-state index contributed by atoms with van der Waals surface area (Å²) in [6.45, 7) is 6.98. The zero-order valence-electron chi connectivity index (χ0n) is 17.2. The number of hydrogen-bond donors (Lipinski definition) is 0. The molecule has 2 aromatic heterocycles. The molecule has 2 aliphatic heterocycles. The number of carbonyl (C=O) groups excluding carboxylic acids is 2. The Morgan fingerprint density at radius 3 is 2.83 bits per heavy atom. The number of hydrogen-bond acceptors (Lipinski definition) is 5. The number of fused-ring (bicyclic) bond motifs is 1. The van der Waals surface area contributed by atoms with E-state index in [4.69, 9.17) is 4.98 Å². The van der Waals surface area contributed by atoms with Gasteiger partial charge in [-0.1, -0.05) is 0 Å². The summed E-state index contributed by atoms with van der Waals surface area (Å²) in [5.74, 6) is 1.26. The SMILES string of the molecule is CC(=O)N1CCc2nc([C@@H]3CCCN(C(=O)CCn4cc(C)cn4)C3)ncc2C1. The molecule has 0 radical (unpaired) electrons. The van der Waals surface area contributed by atoms with E-state index >= 15 is 0 Å². The highest BCUT2D eigenvalue weighted by Gasteiger charge is 2.28. The van der Waals surface area contributed by atoms with Gasteiger partial charge in [-0.3, -0.25) is 14.3 Å². The lowest BCUT2D eigenvalue weighted by molar-refractivity contribution is -0.132. The van der Waals surface area contributed by atoms with Crippen molar-refractivity contribution in [3.8, 4) is 0 Å². The first-order chi connectivity index (χ1) is 14.0. The zero-order valence-corrected chi connectivity index (χ0v) is 17.2. The van der Waals surface area contributed by atoms with Crippen molar-refractivity contribution in [3.05, 3.63) is 41.2 Å². The monoisotopic (exact) mass is 396 g/mol. The molecule has 1 fully saturated rings. The summed E-state index contributed by atoms with van der Waals surface area (Å²) in [4.78, 5) is 37.5. The van der Waals surface area contributed by atoms with Crippen LogP contribution in [0.4, 0.5) is 0 Å². The molecule has 29 heavy (non-hydrogen) atoms. The van der Waals surface area contributed by atoms with Gasteiger partial charge < -0.3 is 9.80 Å².